The van der Waals surface area contributed by atoms with Crippen molar-refractivity contribution < 1.29 is 4.74 Å². The molecular formula is C8H17NOS. The van der Waals surface area contributed by atoms with Crippen LogP contribution in [0.4, 0.5) is 0 Å². The third-order valence-electron chi connectivity index (χ3n) is 2.12. The largest absolute Gasteiger partial charge is 0.380 e. The van der Waals surface area contributed by atoms with E-state index < -0.39 is 0 Å². The van der Waals surface area contributed by atoms with Crippen molar-refractivity contribution in [3.8, 4) is 0 Å². The molecule has 0 bridgehead atoms. The van der Waals surface area contributed by atoms with Gasteiger partial charge in [-0.1, -0.05) is 6.92 Å². The van der Waals surface area contributed by atoms with E-state index in [4.69, 9.17) is 4.74 Å². The highest BCUT2D eigenvalue weighted by atomic mass is 32.2. The molecule has 0 amide bonds. The highest BCUT2D eigenvalue weighted by Crippen LogP contribution is 2.17. The standard InChI is InChI=1S/C8H17NOS/c1-3-11-6-7-4-9-5-8(7)10-2/h7-9H,3-6H2,1-2H3. The zero-order valence-corrected chi connectivity index (χ0v) is 8.12. The first kappa shape index (κ1) is 9.36. The second kappa shape index (κ2) is 5.01. The van der Waals surface area contributed by atoms with Gasteiger partial charge in [-0.3, -0.25) is 0 Å². The molecule has 1 rings (SSSR count). The molecule has 0 aliphatic carbocycles. The number of rotatable bonds is 4. The second-order valence-corrected chi connectivity index (χ2v) is 4.17. The van der Waals surface area contributed by atoms with Crippen LogP contribution >= 0.6 is 11.8 Å². The first-order valence-electron chi connectivity index (χ1n) is 4.19. The van der Waals surface area contributed by atoms with Crippen LogP contribution < -0.4 is 5.32 Å². The first-order valence-corrected chi connectivity index (χ1v) is 5.35. The molecular weight excluding hydrogens is 158 g/mol. The first-order chi connectivity index (χ1) is 5.38. The molecule has 0 radical (unpaired) electrons. The molecule has 2 nitrogen and oxygen atoms in total. The predicted molar refractivity (Wildman–Crippen MR) is 50.2 cm³/mol. The van der Waals surface area contributed by atoms with Crippen molar-refractivity contribution in [1.29, 1.82) is 0 Å². The van der Waals surface area contributed by atoms with E-state index in [0.717, 1.165) is 19.0 Å². The highest BCUT2D eigenvalue weighted by molar-refractivity contribution is 7.99. The van der Waals surface area contributed by atoms with Crippen molar-refractivity contribution in [3.63, 3.8) is 0 Å². The van der Waals surface area contributed by atoms with Crippen LogP contribution in [0.1, 0.15) is 6.92 Å². The van der Waals surface area contributed by atoms with E-state index in [1.165, 1.54) is 11.5 Å². The molecule has 0 aromatic rings. The summed E-state index contributed by atoms with van der Waals surface area (Å²) in [7, 11) is 1.81. The summed E-state index contributed by atoms with van der Waals surface area (Å²) in [6.07, 6.45) is 0.453. The SMILES string of the molecule is CCSCC1CNCC1OC. The van der Waals surface area contributed by atoms with Gasteiger partial charge in [0.2, 0.25) is 0 Å². The fraction of sp³-hybridized carbons (Fsp3) is 1.00. The van der Waals surface area contributed by atoms with Crippen LogP contribution in [0.2, 0.25) is 0 Å². The molecule has 1 aliphatic heterocycles. The van der Waals surface area contributed by atoms with Crippen LogP contribution in [0.3, 0.4) is 0 Å². The minimum absolute atomic E-state index is 0.453. The minimum Gasteiger partial charge on any atom is -0.380 e. The van der Waals surface area contributed by atoms with Gasteiger partial charge in [-0.2, -0.15) is 11.8 Å². The molecule has 3 heteroatoms. The van der Waals surface area contributed by atoms with E-state index >= 15 is 0 Å². The Labute approximate surface area is 73.1 Å². The molecule has 1 aliphatic rings. The van der Waals surface area contributed by atoms with Crippen LogP contribution in [0.25, 0.3) is 0 Å². The molecule has 2 atom stereocenters. The quantitative estimate of drug-likeness (QED) is 0.688. The zero-order valence-electron chi connectivity index (χ0n) is 7.30. The van der Waals surface area contributed by atoms with Crippen molar-refractivity contribution >= 4 is 11.8 Å². The Morgan fingerprint density at radius 2 is 2.36 bits per heavy atom. The summed E-state index contributed by atoms with van der Waals surface area (Å²) in [5.41, 5.74) is 0. The number of ether oxygens (including phenoxy) is 1. The summed E-state index contributed by atoms with van der Waals surface area (Å²) in [4.78, 5) is 0. The Morgan fingerprint density at radius 1 is 1.55 bits per heavy atom. The molecule has 2 unspecified atom stereocenters. The van der Waals surface area contributed by atoms with Gasteiger partial charge in [0, 0.05) is 26.1 Å². The lowest BCUT2D eigenvalue weighted by molar-refractivity contribution is 0.0907. The van der Waals surface area contributed by atoms with Crippen LogP contribution in [0, 0.1) is 5.92 Å². The lowest BCUT2D eigenvalue weighted by Gasteiger charge is -2.15. The summed E-state index contributed by atoms with van der Waals surface area (Å²) >= 11 is 2.00. The van der Waals surface area contributed by atoms with Crippen molar-refractivity contribution in [3.05, 3.63) is 0 Å². The highest BCUT2D eigenvalue weighted by Gasteiger charge is 2.25. The minimum atomic E-state index is 0.453. The molecule has 66 valence electrons. The molecule has 0 aromatic carbocycles. The topological polar surface area (TPSA) is 21.3 Å². The Morgan fingerprint density at radius 3 is 3.00 bits per heavy atom. The third kappa shape index (κ3) is 2.65. The van der Waals surface area contributed by atoms with E-state index in [1.807, 2.05) is 11.8 Å². The summed E-state index contributed by atoms with van der Waals surface area (Å²) in [6, 6.07) is 0. The molecule has 0 spiro atoms. The summed E-state index contributed by atoms with van der Waals surface area (Å²) in [5.74, 6) is 3.18. The van der Waals surface area contributed by atoms with Gasteiger partial charge in [-0.15, -0.1) is 0 Å². The lowest BCUT2D eigenvalue weighted by atomic mass is 10.1. The van der Waals surface area contributed by atoms with Gasteiger partial charge in [0.05, 0.1) is 6.10 Å². The van der Waals surface area contributed by atoms with E-state index in [2.05, 4.69) is 12.2 Å². The van der Waals surface area contributed by atoms with E-state index in [0.29, 0.717) is 6.10 Å². The number of methoxy groups -OCH3 is 1. The van der Waals surface area contributed by atoms with Crippen molar-refractivity contribution in [2.45, 2.75) is 13.0 Å². The number of thioether (sulfide) groups is 1. The average Bonchev–Trinajstić information content (AvgIpc) is 2.47. The van der Waals surface area contributed by atoms with Gasteiger partial charge in [-0.05, 0) is 11.5 Å². The van der Waals surface area contributed by atoms with Gasteiger partial charge < -0.3 is 10.1 Å². The normalized spacial score (nSPS) is 31.1. The molecule has 0 saturated carbocycles. The molecule has 1 N–H and O–H groups in total. The van der Waals surface area contributed by atoms with Crippen LogP contribution in [0.5, 0.6) is 0 Å². The zero-order chi connectivity index (χ0) is 8.10. The molecule has 1 saturated heterocycles. The average molecular weight is 175 g/mol. The Bertz CT molecular complexity index is 110. The fourth-order valence-corrected chi connectivity index (χ4v) is 2.29. The van der Waals surface area contributed by atoms with Gasteiger partial charge >= 0.3 is 0 Å². The predicted octanol–water partition coefficient (Wildman–Crippen LogP) is 0.974. The Hall–Kier alpha value is 0.270. The maximum Gasteiger partial charge on any atom is 0.0743 e. The molecule has 1 heterocycles. The summed E-state index contributed by atoms with van der Waals surface area (Å²) in [5, 5.41) is 3.34. The van der Waals surface area contributed by atoms with Gasteiger partial charge in [0.1, 0.15) is 0 Å². The Balaban J connectivity index is 2.20. The number of hydrogen-bond donors (Lipinski definition) is 1. The van der Waals surface area contributed by atoms with E-state index in [-0.39, 0.29) is 0 Å². The fourth-order valence-electron chi connectivity index (χ4n) is 1.42. The summed E-state index contributed by atoms with van der Waals surface area (Å²) in [6.45, 7) is 4.37. The van der Waals surface area contributed by atoms with Gasteiger partial charge in [-0.25, -0.2) is 0 Å². The maximum absolute atomic E-state index is 5.34. The lowest BCUT2D eigenvalue weighted by Crippen LogP contribution is -2.22. The van der Waals surface area contributed by atoms with Crippen molar-refractivity contribution in [2.24, 2.45) is 5.92 Å². The molecule has 11 heavy (non-hydrogen) atoms. The maximum atomic E-state index is 5.34. The Kier molecular flexibility index (Phi) is 4.26. The monoisotopic (exact) mass is 175 g/mol. The van der Waals surface area contributed by atoms with Crippen molar-refractivity contribution in [1.82, 2.24) is 5.32 Å². The van der Waals surface area contributed by atoms with Gasteiger partial charge in [0.25, 0.3) is 0 Å². The summed E-state index contributed by atoms with van der Waals surface area (Å²) < 4.78 is 5.34. The van der Waals surface area contributed by atoms with Crippen LogP contribution in [0.15, 0.2) is 0 Å². The molecule has 0 aromatic heterocycles. The number of nitrogens with one attached hydrogen (secondary N) is 1. The van der Waals surface area contributed by atoms with Crippen LogP contribution in [-0.2, 0) is 4.74 Å². The van der Waals surface area contributed by atoms with E-state index in [1.54, 1.807) is 7.11 Å². The second-order valence-electron chi connectivity index (χ2n) is 2.85. The third-order valence-corrected chi connectivity index (χ3v) is 3.19. The smallest absolute Gasteiger partial charge is 0.0743 e. The van der Waals surface area contributed by atoms with Crippen LogP contribution in [-0.4, -0.2) is 37.8 Å². The van der Waals surface area contributed by atoms with Crippen molar-refractivity contribution in [2.75, 3.05) is 31.7 Å². The van der Waals surface area contributed by atoms with Gasteiger partial charge in [0.15, 0.2) is 0 Å². The number of hydrogen-bond acceptors (Lipinski definition) is 3. The molecule has 1 fully saturated rings. The van der Waals surface area contributed by atoms with E-state index in [9.17, 15) is 0 Å².